The molecule has 0 aliphatic carbocycles. The molecule has 3 N–H and O–H groups in total. The van der Waals surface area contributed by atoms with Gasteiger partial charge in [0.25, 0.3) is 0 Å². The van der Waals surface area contributed by atoms with Gasteiger partial charge in [0.1, 0.15) is 5.75 Å². The molecule has 160 valence electrons. The van der Waals surface area contributed by atoms with E-state index >= 15 is 0 Å². The zero-order valence-corrected chi connectivity index (χ0v) is 18.0. The quantitative estimate of drug-likeness (QED) is 0.292. The molecule has 0 radical (unpaired) electrons. The molecular formula is C28H30O3. The van der Waals surface area contributed by atoms with Crippen LogP contribution < -0.4 is 0 Å². The van der Waals surface area contributed by atoms with E-state index in [1.165, 1.54) is 0 Å². The van der Waals surface area contributed by atoms with Gasteiger partial charge in [-0.25, -0.2) is 0 Å². The molecule has 31 heavy (non-hydrogen) atoms. The van der Waals surface area contributed by atoms with Crippen molar-refractivity contribution in [3.63, 3.8) is 0 Å². The lowest BCUT2D eigenvalue weighted by Crippen LogP contribution is -2.13. The van der Waals surface area contributed by atoms with Crippen LogP contribution in [-0.2, 0) is 0 Å². The molecule has 0 fully saturated rings. The number of hydrogen-bond donors (Lipinski definition) is 3. The second-order valence-electron chi connectivity index (χ2n) is 7.61. The van der Waals surface area contributed by atoms with Gasteiger partial charge < -0.3 is 15.3 Å². The second kappa shape index (κ2) is 10.8. The van der Waals surface area contributed by atoms with E-state index < -0.39 is 6.10 Å². The van der Waals surface area contributed by atoms with Crippen LogP contribution in [0, 0.1) is 0 Å². The second-order valence-corrected chi connectivity index (χ2v) is 7.61. The van der Waals surface area contributed by atoms with Crippen molar-refractivity contribution < 1.29 is 15.3 Å². The number of hydrogen-bond acceptors (Lipinski definition) is 3. The van der Waals surface area contributed by atoms with Gasteiger partial charge >= 0.3 is 0 Å². The van der Waals surface area contributed by atoms with Crippen LogP contribution in [0.4, 0.5) is 0 Å². The zero-order chi connectivity index (χ0) is 22.2. The number of aromatic hydroxyl groups is 1. The monoisotopic (exact) mass is 414 g/mol. The minimum Gasteiger partial charge on any atom is -0.507 e. The van der Waals surface area contributed by atoms with E-state index in [-0.39, 0.29) is 12.4 Å². The highest BCUT2D eigenvalue weighted by Crippen LogP contribution is 2.32. The summed E-state index contributed by atoms with van der Waals surface area (Å²) in [5, 5.41) is 32.2. The highest BCUT2D eigenvalue weighted by Gasteiger charge is 2.15. The third kappa shape index (κ3) is 5.52. The molecule has 3 rings (SSSR count). The highest BCUT2D eigenvalue weighted by molar-refractivity contribution is 5.98. The Labute approximate surface area is 184 Å². The Bertz CT molecular complexity index is 1090. The number of rotatable bonds is 9. The lowest BCUT2D eigenvalue weighted by atomic mass is 9.91. The summed E-state index contributed by atoms with van der Waals surface area (Å²) in [6, 6.07) is 21.6. The Morgan fingerprint density at radius 2 is 1.65 bits per heavy atom. The fourth-order valence-corrected chi connectivity index (χ4v) is 3.84. The molecule has 1 atom stereocenters. The maximum atomic E-state index is 10.8. The number of fused-ring (bicyclic) bond motifs is 1. The SMILES string of the molecule is C=C(CC)/C(=C/CO)C(O)CC/C(=C/c1ccc(O)c2ccccc12)c1ccccc1. The summed E-state index contributed by atoms with van der Waals surface area (Å²) in [4.78, 5) is 0. The van der Waals surface area contributed by atoms with Crippen LogP contribution >= 0.6 is 0 Å². The van der Waals surface area contributed by atoms with Gasteiger partial charge in [-0.15, -0.1) is 0 Å². The average molecular weight is 415 g/mol. The first-order valence-corrected chi connectivity index (χ1v) is 10.7. The summed E-state index contributed by atoms with van der Waals surface area (Å²) in [5.74, 6) is 0.265. The molecule has 3 nitrogen and oxygen atoms in total. The van der Waals surface area contributed by atoms with Gasteiger partial charge in [0.2, 0.25) is 0 Å². The van der Waals surface area contributed by atoms with Crippen molar-refractivity contribution in [3.8, 4) is 5.75 Å². The zero-order valence-electron chi connectivity index (χ0n) is 18.0. The summed E-state index contributed by atoms with van der Waals surface area (Å²) < 4.78 is 0. The number of phenols is 1. The third-order valence-corrected chi connectivity index (χ3v) is 5.60. The molecule has 0 amide bonds. The van der Waals surface area contributed by atoms with Gasteiger partial charge in [0.05, 0.1) is 12.7 Å². The van der Waals surface area contributed by atoms with Crippen molar-refractivity contribution >= 4 is 22.4 Å². The lowest BCUT2D eigenvalue weighted by Gasteiger charge is -2.18. The predicted octanol–water partition coefficient (Wildman–Crippen LogP) is 6.11. The van der Waals surface area contributed by atoms with E-state index in [1.54, 1.807) is 12.1 Å². The minimum atomic E-state index is -0.691. The van der Waals surface area contributed by atoms with E-state index in [4.69, 9.17) is 0 Å². The van der Waals surface area contributed by atoms with Crippen LogP contribution in [0.5, 0.6) is 5.75 Å². The normalized spacial score (nSPS) is 13.4. The van der Waals surface area contributed by atoms with Crippen LogP contribution in [-0.4, -0.2) is 28.0 Å². The summed E-state index contributed by atoms with van der Waals surface area (Å²) in [6.07, 6.45) is 4.98. The summed E-state index contributed by atoms with van der Waals surface area (Å²) in [7, 11) is 0. The van der Waals surface area contributed by atoms with Gasteiger partial charge in [-0.3, -0.25) is 0 Å². The van der Waals surface area contributed by atoms with E-state index in [0.29, 0.717) is 18.4 Å². The van der Waals surface area contributed by atoms with Crippen LogP contribution in [0.25, 0.3) is 22.4 Å². The molecule has 0 saturated heterocycles. The number of aliphatic hydroxyl groups is 2. The van der Waals surface area contributed by atoms with E-state index in [2.05, 4.69) is 24.8 Å². The first kappa shape index (κ1) is 22.5. The van der Waals surface area contributed by atoms with Crippen molar-refractivity contribution in [1.82, 2.24) is 0 Å². The summed E-state index contributed by atoms with van der Waals surface area (Å²) >= 11 is 0. The van der Waals surface area contributed by atoms with Crippen molar-refractivity contribution in [2.45, 2.75) is 32.3 Å². The van der Waals surface area contributed by atoms with Crippen LogP contribution in [0.2, 0.25) is 0 Å². The minimum absolute atomic E-state index is 0.119. The Hall–Kier alpha value is -3.14. The largest absolute Gasteiger partial charge is 0.507 e. The molecule has 3 heteroatoms. The average Bonchev–Trinajstić information content (AvgIpc) is 2.81. The van der Waals surface area contributed by atoms with Crippen molar-refractivity contribution in [3.05, 3.63) is 102 Å². The Morgan fingerprint density at radius 1 is 0.968 bits per heavy atom. The molecule has 0 aromatic heterocycles. The van der Waals surface area contributed by atoms with Gasteiger partial charge in [-0.1, -0.05) is 86.3 Å². The number of benzene rings is 3. The van der Waals surface area contributed by atoms with Gasteiger partial charge in [-0.05, 0) is 58.6 Å². The molecule has 0 spiro atoms. The number of phenolic OH excluding ortho intramolecular Hbond substituents is 1. The highest BCUT2D eigenvalue weighted by atomic mass is 16.3. The van der Waals surface area contributed by atoms with E-state index in [0.717, 1.165) is 39.5 Å². The molecule has 0 bridgehead atoms. The van der Waals surface area contributed by atoms with Crippen LogP contribution in [0.3, 0.4) is 0 Å². The van der Waals surface area contributed by atoms with Crippen molar-refractivity contribution in [2.75, 3.05) is 6.61 Å². The molecule has 3 aromatic carbocycles. The fraction of sp³-hybridized carbons (Fsp3) is 0.214. The Kier molecular flexibility index (Phi) is 7.82. The predicted molar refractivity (Wildman–Crippen MR) is 130 cm³/mol. The smallest absolute Gasteiger partial charge is 0.123 e. The molecule has 0 aliphatic heterocycles. The number of allylic oxidation sites excluding steroid dienone is 1. The van der Waals surface area contributed by atoms with E-state index in [9.17, 15) is 15.3 Å². The molecule has 0 saturated carbocycles. The van der Waals surface area contributed by atoms with Crippen molar-refractivity contribution in [1.29, 1.82) is 0 Å². The topological polar surface area (TPSA) is 60.7 Å². The maximum absolute atomic E-state index is 10.8. The number of aliphatic hydroxyl groups excluding tert-OH is 2. The van der Waals surface area contributed by atoms with Crippen molar-refractivity contribution in [2.24, 2.45) is 0 Å². The van der Waals surface area contributed by atoms with Gasteiger partial charge in [-0.2, -0.15) is 0 Å². The lowest BCUT2D eigenvalue weighted by molar-refractivity contribution is 0.202. The summed E-state index contributed by atoms with van der Waals surface area (Å²) in [6.45, 7) is 5.90. The molecular weight excluding hydrogens is 384 g/mol. The molecule has 0 aliphatic rings. The molecule has 1 unspecified atom stereocenters. The van der Waals surface area contributed by atoms with E-state index in [1.807, 2.05) is 55.5 Å². The Balaban J connectivity index is 1.97. The first-order valence-electron chi connectivity index (χ1n) is 10.7. The summed E-state index contributed by atoms with van der Waals surface area (Å²) in [5.41, 5.74) is 4.77. The standard InChI is InChI=1S/C28H30O3/c1-3-20(2)24(17-18-29)27(30)15-13-22(21-9-5-4-6-10-21)19-23-14-16-28(31)26-12-8-7-11-25(23)26/h4-12,14,16-17,19,27,29-31H,2-3,13,15,18H2,1H3/b22-19-,24-17-. The van der Waals surface area contributed by atoms with Gasteiger partial charge in [0, 0.05) is 5.39 Å². The molecule has 0 heterocycles. The first-order chi connectivity index (χ1) is 15.0. The maximum Gasteiger partial charge on any atom is 0.123 e. The molecule has 3 aromatic rings. The van der Waals surface area contributed by atoms with Crippen LogP contribution in [0.1, 0.15) is 37.3 Å². The van der Waals surface area contributed by atoms with Gasteiger partial charge in [0.15, 0.2) is 0 Å². The Morgan fingerprint density at radius 3 is 2.32 bits per heavy atom. The fourth-order valence-electron chi connectivity index (χ4n) is 3.84. The van der Waals surface area contributed by atoms with Crippen LogP contribution in [0.15, 0.2) is 90.5 Å². The third-order valence-electron chi connectivity index (χ3n) is 5.60.